The number of benzene rings is 2. The predicted molar refractivity (Wildman–Crippen MR) is 123 cm³/mol. The second kappa shape index (κ2) is 8.53. The van der Waals surface area contributed by atoms with Crippen LogP contribution in [0.3, 0.4) is 0 Å². The van der Waals surface area contributed by atoms with Crippen molar-refractivity contribution in [3.63, 3.8) is 0 Å². The molecule has 162 valence electrons. The van der Waals surface area contributed by atoms with Gasteiger partial charge in [0.1, 0.15) is 10.7 Å². The third kappa shape index (κ3) is 4.42. The van der Waals surface area contributed by atoms with Gasteiger partial charge in [-0.1, -0.05) is 42.0 Å². The Labute approximate surface area is 187 Å². The van der Waals surface area contributed by atoms with E-state index in [1.54, 1.807) is 23.3 Å². The number of rotatable bonds is 4. The second-order valence-corrected chi connectivity index (χ2v) is 10.6. The van der Waals surface area contributed by atoms with Crippen LogP contribution in [0.2, 0.25) is 0 Å². The van der Waals surface area contributed by atoms with Gasteiger partial charge in [0.25, 0.3) is 5.91 Å². The summed E-state index contributed by atoms with van der Waals surface area (Å²) >= 11 is 1.44. The summed E-state index contributed by atoms with van der Waals surface area (Å²) in [6, 6.07) is 13.5. The van der Waals surface area contributed by atoms with Gasteiger partial charge < -0.3 is 4.90 Å². The molecule has 0 bridgehead atoms. The summed E-state index contributed by atoms with van der Waals surface area (Å²) in [5, 5.41) is 2.58. The van der Waals surface area contributed by atoms with Crippen molar-refractivity contribution in [2.45, 2.75) is 25.7 Å². The van der Waals surface area contributed by atoms with Crippen LogP contribution in [0.15, 0.2) is 52.7 Å². The zero-order chi connectivity index (χ0) is 22.2. The molecule has 0 unspecified atom stereocenters. The standard InChI is InChI=1S/C23H25N3O3S2/c1-16-5-8-19(9-6-16)22-24-20(15-30-22)23(27)25-10-12-26(13-11-25)31(28,29)21-14-17(2)4-7-18(21)3/h4-9,14-15H,10-13H2,1-3H3. The molecule has 0 saturated carbocycles. The number of hydrogen-bond donors (Lipinski definition) is 0. The van der Waals surface area contributed by atoms with Crippen molar-refractivity contribution in [3.05, 3.63) is 70.2 Å². The Morgan fingerprint density at radius 3 is 2.26 bits per heavy atom. The number of carbonyl (C=O) groups excluding carboxylic acids is 1. The van der Waals surface area contributed by atoms with Crippen molar-refractivity contribution >= 4 is 27.3 Å². The van der Waals surface area contributed by atoms with E-state index in [4.69, 9.17) is 0 Å². The average molecular weight is 456 g/mol. The first-order valence-corrected chi connectivity index (χ1v) is 12.5. The Balaban J connectivity index is 1.45. The van der Waals surface area contributed by atoms with Gasteiger partial charge >= 0.3 is 0 Å². The van der Waals surface area contributed by atoms with E-state index in [0.717, 1.165) is 21.7 Å². The molecule has 0 N–H and O–H groups in total. The molecule has 8 heteroatoms. The normalized spacial score (nSPS) is 15.3. The first kappa shape index (κ1) is 21.7. The molecular weight excluding hydrogens is 430 g/mol. The number of thiazole rings is 1. The summed E-state index contributed by atoms with van der Waals surface area (Å²) in [6.45, 7) is 6.96. The molecule has 0 radical (unpaired) electrons. The lowest BCUT2D eigenvalue weighted by atomic mass is 10.2. The lowest BCUT2D eigenvalue weighted by Gasteiger charge is -2.34. The van der Waals surface area contributed by atoms with Crippen LogP contribution < -0.4 is 0 Å². The molecule has 4 rings (SSSR count). The molecule has 1 aromatic heterocycles. The summed E-state index contributed by atoms with van der Waals surface area (Å²) in [5.41, 5.74) is 4.21. The molecular formula is C23H25N3O3S2. The van der Waals surface area contributed by atoms with Gasteiger partial charge in [0.05, 0.1) is 4.90 Å². The molecule has 2 aromatic carbocycles. The average Bonchev–Trinajstić information content (AvgIpc) is 3.25. The minimum atomic E-state index is -3.58. The van der Waals surface area contributed by atoms with Crippen LogP contribution >= 0.6 is 11.3 Å². The first-order valence-electron chi connectivity index (χ1n) is 10.1. The molecule has 1 aliphatic rings. The SMILES string of the molecule is Cc1ccc(-c2nc(C(=O)N3CCN(S(=O)(=O)c4cc(C)ccc4C)CC3)cs2)cc1. The number of carbonyl (C=O) groups is 1. The van der Waals surface area contributed by atoms with Crippen LogP contribution in [-0.4, -0.2) is 54.7 Å². The van der Waals surface area contributed by atoms with Crippen LogP contribution in [0.25, 0.3) is 10.6 Å². The fourth-order valence-corrected chi connectivity index (χ4v) is 6.15. The van der Waals surface area contributed by atoms with E-state index in [0.29, 0.717) is 23.7 Å². The maximum absolute atomic E-state index is 13.1. The Morgan fingerprint density at radius 1 is 0.935 bits per heavy atom. The lowest BCUT2D eigenvalue weighted by Crippen LogP contribution is -2.50. The number of piperazine rings is 1. The zero-order valence-corrected chi connectivity index (χ0v) is 19.5. The molecule has 1 fully saturated rings. The van der Waals surface area contributed by atoms with E-state index < -0.39 is 10.0 Å². The predicted octanol–water partition coefficient (Wildman–Crippen LogP) is 3.88. The topological polar surface area (TPSA) is 70.6 Å². The molecule has 1 aliphatic heterocycles. The van der Waals surface area contributed by atoms with Gasteiger partial charge in [-0.25, -0.2) is 13.4 Å². The van der Waals surface area contributed by atoms with Crippen LogP contribution in [0.5, 0.6) is 0 Å². The molecule has 2 heterocycles. The van der Waals surface area contributed by atoms with Gasteiger partial charge in [-0.3, -0.25) is 4.79 Å². The second-order valence-electron chi connectivity index (χ2n) is 7.87. The first-order chi connectivity index (χ1) is 14.8. The van der Waals surface area contributed by atoms with E-state index in [1.807, 2.05) is 50.2 Å². The number of hydrogen-bond acceptors (Lipinski definition) is 5. The van der Waals surface area contributed by atoms with Crippen molar-refractivity contribution in [3.8, 4) is 10.6 Å². The van der Waals surface area contributed by atoms with Crippen molar-refractivity contribution in [1.82, 2.24) is 14.2 Å². The maximum Gasteiger partial charge on any atom is 0.273 e. The van der Waals surface area contributed by atoms with Crippen LogP contribution in [-0.2, 0) is 10.0 Å². The number of amides is 1. The van der Waals surface area contributed by atoms with Gasteiger partial charge in [-0.2, -0.15) is 4.31 Å². The monoisotopic (exact) mass is 455 g/mol. The Bertz CT molecular complexity index is 1210. The summed E-state index contributed by atoms with van der Waals surface area (Å²) in [5.74, 6) is -0.154. The maximum atomic E-state index is 13.1. The largest absolute Gasteiger partial charge is 0.335 e. The van der Waals surface area contributed by atoms with E-state index >= 15 is 0 Å². The third-order valence-corrected chi connectivity index (χ3v) is 8.44. The summed E-state index contributed by atoms with van der Waals surface area (Å²) in [6.07, 6.45) is 0. The van der Waals surface area contributed by atoms with Crippen molar-refractivity contribution in [2.75, 3.05) is 26.2 Å². The van der Waals surface area contributed by atoms with Crippen molar-refractivity contribution in [2.24, 2.45) is 0 Å². The van der Waals surface area contributed by atoms with Gasteiger partial charge in [0, 0.05) is 37.1 Å². The van der Waals surface area contributed by atoms with Gasteiger partial charge in [-0.15, -0.1) is 11.3 Å². The number of aromatic nitrogens is 1. The van der Waals surface area contributed by atoms with Gasteiger partial charge in [0.15, 0.2) is 0 Å². The minimum absolute atomic E-state index is 0.154. The molecule has 1 amide bonds. The van der Waals surface area contributed by atoms with E-state index in [9.17, 15) is 13.2 Å². The Kier molecular flexibility index (Phi) is 5.96. The molecule has 0 spiro atoms. The van der Waals surface area contributed by atoms with Crippen LogP contribution in [0.1, 0.15) is 27.2 Å². The molecule has 0 atom stereocenters. The van der Waals surface area contributed by atoms with Crippen LogP contribution in [0, 0.1) is 20.8 Å². The zero-order valence-electron chi connectivity index (χ0n) is 17.8. The summed E-state index contributed by atoms with van der Waals surface area (Å²) in [4.78, 5) is 19.5. The lowest BCUT2D eigenvalue weighted by molar-refractivity contribution is 0.0693. The fourth-order valence-electron chi connectivity index (χ4n) is 3.62. The van der Waals surface area contributed by atoms with Crippen molar-refractivity contribution < 1.29 is 13.2 Å². The quantitative estimate of drug-likeness (QED) is 0.599. The Morgan fingerprint density at radius 2 is 1.58 bits per heavy atom. The van der Waals surface area contributed by atoms with Crippen molar-refractivity contribution in [1.29, 1.82) is 0 Å². The fraction of sp³-hybridized carbons (Fsp3) is 0.304. The van der Waals surface area contributed by atoms with E-state index in [1.165, 1.54) is 21.2 Å². The number of sulfonamides is 1. The van der Waals surface area contributed by atoms with Crippen LogP contribution in [0.4, 0.5) is 0 Å². The van der Waals surface area contributed by atoms with Gasteiger partial charge in [0.2, 0.25) is 10.0 Å². The number of aryl methyl sites for hydroxylation is 3. The van der Waals surface area contributed by atoms with E-state index in [-0.39, 0.29) is 19.0 Å². The highest BCUT2D eigenvalue weighted by atomic mass is 32.2. The molecule has 1 saturated heterocycles. The smallest absolute Gasteiger partial charge is 0.273 e. The molecule has 31 heavy (non-hydrogen) atoms. The third-order valence-electron chi connectivity index (χ3n) is 5.51. The number of nitrogens with zero attached hydrogens (tertiary/aromatic N) is 3. The molecule has 3 aromatic rings. The highest BCUT2D eigenvalue weighted by molar-refractivity contribution is 7.89. The summed E-state index contributed by atoms with van der Waals surface area (Å²) < 4.78 is 27.7. The minimum Gasteiger partial charge on any atom is -0.335 e. The molecule has 0 aliphatic carbocycles. The molecule has 6 nitrogen and oxygen atoms in total. The van der Waals surface area contributed by atoms with E-state index in [2.05, 4.69) is 4.98 Å². The van der Waals surface area contributed by atoms with Gasteiger partial charge in [-0.05, 0) is 38.0 Å². The highest BCUT2D eigenvalue weighted by Crippen LogP contribution is 2.26. The Hall–Kier alpha value is -2.55. The summed E-state index contributed by atoms with van der Waals surface area (Å²) in [7, 11) is -3.58. The highest BCUT2D eigenvalue weighted by Gasteiger charge is 2.32.